The summed E-state index contributed by atoms with van der Waals surface area (Å²) in [5.74, 6) is -0.638. The number of rotatable bonds is 6. The number of fused-ring (bicyclic) bond motifs is 1. The van der Waals surface area contributed by atoms with Crippen LogP contribution in [0.15, 0.2) is 54.7 Å². The molecule has 0 radical (unpaired) electrons. The number of aromatic nitrogens is 1. The number of nitrogens with zero attached hydrogens (tertiary/aromatic N) is 1. The Morgan fingerprint density at radius 2 is 1.81 bits per heavy atom. The Hall–Kier alpha value is -3.08. The second-order valence-electron chi connectivity index (χ2n) is 6.13. The van der Waals surface area contributed by atoms with E-state index in [1.807, 2.05) is 24.4 Å². The van der Waals surface area contributed by atoms with E-state index in [9.17, 15) is 9.59 Å². The summed E-state index contributed by atoms with van der Waals surface area (Å²) in [6.07, 6.45) is 3.31. The van der Waals surface area contributed by atoms with Gasteiger partial charge in [-0.1, -0.05) is 37.3 Å². The van der Waals surface area contributed by atoms with Crippen LogP contribution in [0, 0.1) is 0 Å². The van der Waals surface area contributed by atoms with Crippen LogP contribution in [0.3, 0.4) is 0 Å². The molecular formula is C21H22N2O3. The predicted molar refractivity (Wildman–Crippen MR) is 102 cm³/mol. The zero-order valence-electron chi connectivity index (χ0n) is 15.0. The number of carbonyl (C=O) groups is 2. The van der Waals surface area contributed by atoms with Gasteiger partial charge in [0.15, 0.2) is 0 Å². The molecule has 0 spiro atoms. The van der Waals surface area contributed by atoms with Gasteiger partial charge in [0.05, 0.1) is 24.8 Å². The van der Waals surface area contributed by atoms with Crippen LogP contribution in [0.1, 0.15) is 29.3 Å². The van der Waals surface area contributed by atoms with Crippen LogP contribution in [0.2, 0.25) is 0 Å². The molecule has 1 N–H and O–H groups in total. The van der Waals surface area contributed by atoms with Crippen molar-refractivity contribution in [3.8, 4) is 0 Å². The van der Waals surface area contributed by atoms with E-state index >= 15 is 0 Å². The number of aryl methyl sites for hydroxylation is 1. The maximum atomic E-state index is 12.6. The molecule has 0 unspecified atom stereocenters. The van der Waals surface area contributed by atoms with Gasteiger partial charge in [0, 0.05) is 23.6 Å². The van der Waals surface area contributed by atoms with Crippen molar-refractivity contribution >= 4 is 28.5 Å². The van der Waals surface area contributed by atoms with E-state index in [0.717, 1.165) is 29.4 Å². The number of anilines is 1. The molecule has 3 rings (SSSR count). The Morgan fingerprint density at radius 3 is 2.58 bits per heavy atom. The summed E-state index contributed by atoms with van der Waals surface area (Å²) in [5.41, 5.74) is 2.91. The molecule has 26 heavy (non-hydrogen) atoms. The van der Waals surface area contributed by atoms with Gasteiger partial charge in [-0.2, -0.15) is 0 Å². The highest BCUT2D eigenvalue weighted by atomic mass is 16.5. The lowest BCUT2D eigenvalue weighted by molar-refractivity contribution is -0.115. The zero-order valence-corrected chi connectivity index (χ0v) is 15.0. The predicted octanol–water partition coefficient (Wildman–Crippen LogP) is 4.02. The number of methoxy groups -OCH3 is 1. The lowest BCUT2D eigenvalue weighted by Gasteiger charge is -2.09. The SMILES string of the molecule is CCCn1cc(CC(=O)Nc2ccccc2C(=O)OC)c2ccccc21. The number of ether oxygens (including phenoxy) is 1. The summed E-state index contributed by atoms with van der Waals surface area (Å²) < 4.78 is 6.95. The third-order valence-corrected chi connectivity index (χ3v) is 4.29. The molecule has 0 aliphatic heterocycles. The van der Waals surface area contributed by atoms with Gasteiger partial charge in [-0.05, 0) is 30.2 Å². The van der Waals surface area contributed by atoms with Crippen molar-refractivity contribution in [2.75, 3.05) is 12.4 Å². The Labute approximate surface area is 152 Å². The standard InChI is InChI=1S/C21H22N2O3/c1-3-12-23-14-15(16-8-5-7-11-19(16)23)13-20(24)22-18-10-6-4-9-17(18)21(25)26-2/h4-11,14H,3,12-13H2,1-2H3,(H,22,24). The first-order valence-corrected chi connectivity index (χ1v) is 8.68. The van der Waals surface area contributed by atoms with Gasteiger partial charge in [0.2, 0.25) is 5.91 Å². The average molecular weight is 350 g/mol. The number of benzene rings is 2. The average Bonchev–Trinajstić information content (AvgIpc) is 2.99. The third kappa shape index (κ3) is 3.61. The van der Waals surface area contributed by atoms with Crippen LogP contribution >= 0.6 is 0 Å². The van der Waals surface area contributed by atoms with E-state index in [1.165, 1.54) is 7.11 Å². The van der Waals surface area contributed by atoms with Crippen molar-refractivity contribution in [2.45, 2.75) is 26.3 Å². The van der Waals surface area contributed by atoms with Crippen molar-refractivity contribution in [1.29, 1.82) is 0 Å². The first kappa shape index (κ1) is 17.7. The van der Waals surface area contributed by atoms with Crippen molar-refractivity contribution in [3.63, 3.8) is 0 Å². The summed E-state index contributed by atoms with van der Waals surface area (Å²) >= 11 is 0. The van der Waals surface area contributed by atoms with E-state index < -0.39 is 5.97 Å². The van der Waals surface area contributed by atoms with Gasteiger partial charge in [0.1, 0.15) is 0 Å². The second-order valence-corrected chi connectivity index (χ2v) is 6.13. The number of nitrogens with one attached hydrogen (secondary N) is 1. The molecule has 0 saturated carbocycles. The molecule has 0 atom stereocenters. The Balaban J connectivity index is 1.84. The maximum absolute atomic E-state index is 12.6. The Bertz CT molecular complexity index is 943. The van der Waals surface area contributed by atoms with Gasteiger partial charge in [-0.15, -0.1) is 0 Å². The Kier molecular flexibility index (Phi) is 5.37. The summed E-state index contributed by atoms with van der Waals surface area (Å²) in [7, 11) is 1.32. The van der Waals surface area contributed by atoms with Crippen LogP contribution in [-0.4, -0.2) is 23.6 Å². The fourth-order valence-corrected chi connectivity index (χ4v) is 3.14. The van der Waals surface area contributed by atoms with Crippen LogP contribution in [0.4, 0.5) is 5.69 Å². The number of hydrogen-bond acceptors (Lipinski definition) is 3. The topological polar surface area (TPSA) is 60.3 Å². The van der Waals surface area contributed by atoms with Crippen molar-refractivity contribution < 1.29 is 14.3 Å². The lowest BCUT2D eigenvalue weighted by Crippen LogP contribution is -2.17. The normalized spacial score (nSPS) is 10.7. The molecule has 0 aliphatic carbocycles. The smallest absolute Gasteiger partial charge is 0.339 e. The fraction of sp³-hybridized carbons (Fsp3) is 0.238. The molecule has 0 saturated heterocycles. The molecule has 5 heteroatoms. The lowest BCUT2D eigenvalue weighted by atomic mass is 10.1. The molecule has 1 aromatic heterocycles. The number of amides is 1. The summed E-state index contributed by atoms with van der Waals surface area (Å²) in [4.78, 5) is 24.4. The molecule has 134 valence electrons. The maximum Gasteiger partial charge on any atom is 0.339 e. The molecule has 1 amide bonds. The molecule has 0 bridgehead atoms. The van der Waals surface area contributed by atoms with Crippen molar-refractivity contribution in [2.24, 2.45) is 0 Å². The molecule has 2 aromatic carbocycles. The number of hydrogen-bond donors (Lipinski definition) is 1. The van der Waals surface area contributed by atoms with Gasteiger partial charge in [0.25, 0.3) is 0 Å². The second kappa shape index (κ2) is 7.87. The molecule has 5 nitrogen and oxygen atoms in total. The van der Waals surface area contributed by atoms with Gasteiger partial charge in [-0.3, -0.25) is 4.79 Å². The molecule has 0 aliphatic rings. The zero-order chi connectivity index (χ0) is 18.5. The fourth-order valence-electron chi connectivity index (χ4n) is 3.14. The minimum absolute atomic E-state index is 0.166. The van der Waals surface area contributed by atoms with Crippen molar-refractivity contribution in [3.05, 3.63) is 65.9 Å². The van der Waals surface area contributed by atoms with Crippen LogP contribution in [0.25, 0.3) is 10.9 Å². The van der Waals surface area contributed by atoms with E-state index in [-0.39, 0.29) is 12.3 Å². The molecule has 0 fully saturated rings. The van der Waals surface area contributed by atoms with E-state index in [4.69, 9.17) is 4.74 Å². The van der Waals surface area contributed by atoms with Crippen LogP contribution in [0.5, 0.6) is 0 Å². The minimum Gasteiger partial charge on any atom is -0.465 e. The van der Waals surface area contributed by atoms with Crippen LogP contribution in [-0.2, 0) is 22.5 Å². The molecule has 1 heterocycles. The van der Waals surface area contributed by atoms with Gasteiger partial charge in [-0.25, -0.2) is 4.79 Å². The number of esters is 1. The number of para-hydroxylation sites is 2. The number of carbonyl (C=O) groups excluding carboxylic acids is 2. The van der Waals surface area contributed by atoms with E-state index in [0.29, 0.717) is 11.3 Å². The van der Waals surface area contributed by atoms with E-state index in [2.05, 4.69) is 22.9 Å². The Morgan fingerprint density at radius 1 is 1.08 bits per heavy atom. The highest BCUT2D eigenvalue weighted by molar-refractivity contribution is 6.02. The quantitative estimate of drug-likeness (QED) is 0.683. The summed E-state index contributed by atoms with van der Waals surface area (Å²) in [6, 6.07) is 14.9. The largest absolute Gasteiger partial charge is 0.465 e. The molecular weight excluding hydrogens is 328 g/mol. The first-order chi connectivity index (χ1) is 12.6. The summed E-state index contributed by atoms with van der Waals surface area (Å²) in [5, 5.41) is 3.91. The van der Waals surface area contributed by atoms with E-state index in [1.54, 1.807) is 24.3 Å². The highest BCUT2D eigenvalue weighted by Crippen LogP contribution is 2.23. The minimum atomic E-state index is -0.472. The monoisotopic (exact) mass is 350 g/mol. The van der Waals surface area contributed by atoms with Gasteiger partial charge < -0.3 is 14.6 Å². The molecule has 3 aromatic rings. The first-order valence-electron chi connectivity index (χ1n) is 8.68. The van der Waals surface area contributed by atoms with Crippen molar-refractivity contribution in [1.82, 2.24) is 4.57 Å². The highest BCUT2D eigenvalue weighted by Gasteiger charge is 2.15. The summed E-state index contributed by atoms with van der Waals surface area (Å²) in [6.45, 7) is 3.04. The van der Waals surface area contributed by atoms with Crippen LogP contribution < -0.4 is 5.32 Å². The van der Waals surface area contributed by atoms with Gasteiger partial charge >= 0.3 is 5.97 Å². The third-order valence-electron chi connectivity index (χ3n) is 4.29.